The number of unbranched alkanes of at least 4 members (excludes halogenated alkanes) is 2. The van der Waals surface area contributed by atoms with Crippen LogP contribution in [-0.2, 0) is 0 Å². The molecule has 0 bridgehead atoms. The standard InChI is InChI=1S/C13H20N2O2S/c1-18-8-4-2-3-7-15-12-9-10(14)5-6-11(12)13(16)17/h5-6,9,15H,2-4,7-8,14H2,1H3,(H,16,17). The Hall–Kier alpha value is -1.36. The van der Waals surface area contributed by atoms with Gasteiger partial charge in [0, 0.05) is 12.2 Å². The highest BCUT2D eigenvalue weighted by molar-refractivity contribution is 7.98. The van der Waals surface area contributed by atoms with Gasteiger partial charge in [0.2, 0.25) is 0 Å². The number of anilines is 2. The van der Waals surface area contributed by atoms with Crippen LogP contribution in [0.25, 0.3) is 0 Å². The van der Waals surface area contributed by atoms with Gasteiger partial charge in [-0.05, 0) is 43.0 Å². The molecule has 0 saturated carbocycles. The van der Waals surface area contributed by atoms with Gasteiger partial charge in [-0.2, -0.15) is 11.8 Å². The molecule has 0 spiro atoms. The van der Waals surface area contributed by atoms with Crippen LogP contribution < -0.4 is 11.1 Å². The molecule has 0 amide bonds. The molecular formula is C13H20N2O2S. The zero-order valence-electron chi connectivity index (χ0n) is 10.6. The van der Waals surface area contributed by atoms with Crippen molar-refractivity contribution < 1.29 is 9.90 Å². The molecule has 0 aliphatic rings. The van der Waals surface area contributed by atoms with Crippen molar-refractivity contribution in [1.82, 2.24) is 0 Å². The summed E-state index contributed by atoms with van der Waals surface area (Å²) >= 11 is 1.85. The van der Waals surface area contributed by atoms with Crippen molar-refractivity contribution in [2.24, 2.45) is 0 Å². The van der Waals surface area contributed by atoms with E-state index < -0.39 is 5.97 Å². The molecule has 0 aliphatic carbocycles. The summed E-state index contributed by atoms with van der Waals surface area (Å²) in [7, 11) is 0. The number of nitrogens with two attached hydrogens (primary N) is 1. The Labute approximate surface area is 112 Å². The average molecular weight is 268 g/mol. The van der Waals surface area contributed by atoms with Gasteiger partial charge in [-0.15, -0.1) is 0 Å². The van der Waals surface area contributed by atoms with Gasteiger partial charge in [0.25, 0.3) is 0 Å². The summed E-state index contributed by atoms with van der Waals surface area (Å²) in [4.78, 5) is 11.0. The molecule has 100 valence electrons. The van der Waals surface area contributed by atoms with E-state index in [9.17, 15) is 4.79 Å². The maximum absolute atomic E-state index is 11.0. The van der Waals surface area contributed by atoms with Crippen LogP contribution in [0.5, 0.6) is 0 Å². The Morgan fingerprint density at radius 1 is 1.39 bits per heavy atom. The van der Waals surface area contributed by atoms with Crippen LogP contribution in [0.3, 0.4) is 0 Å². The predicted octanol–water partition coefficient (Wildman–Crippen LogP) is 2.91. The normalized spacial score (nSPS) is 10.3. The van der Waals surface area contributed by atoms with Gasteiger partial charge in [0.05, 0.1) is 11.3 Å². The minimum atomic E-state index is -0.931. The van der Waals surface area contributed by atoms with Crippen molar-refractivity contribution in [3.63, 3.8) is 0 Å². The highest BCUT2D eigenvalue weighted by Crippen LogP contribution is 2.19. The fraction of sp³-hybridized carbons (Fsp3) is 0.462. The van der Waals surface area contributed by atoms with E-state index in [1.807, 2.05) is 11.8 Å². The maximum Gasteiger partial charge on any atom is 0.337 e. The summed E-state index contributed by atoms with van der Waals surface area (Å²) in [6.07, 6.45) is 5.49. The van der Waals surface area contributed by atoms with E-state index in [2.05, 4.69) is 11.6 Å². The van der Waals surface area contributed by atoms with Gasteiger partial charge < -0.3 is 16.2 Å². The fourth-order valence-electron chi connectivity index (χ4n) is 1.67. The number of carboxylic acids is 1. The number of carbonyl (C=O) groups is 1. The summed E-state index contributed by atoms with van der Waals surface area (Å²) < 4.78 is 0. The molecule has 0 unspecified atom stereocenters. The third-order valence-electron chi connectivity index (χ3n) is 2.61. The first-order valence-electron chi connectivity index (χ1n) is 6.00. The number of hydrogen-bond donors (Lipinski definition) is 3. The minimum absolute atomic E-state index is 0.272. The first-order chi connectivity index (χ1) is 8.65. The molecular weight excluding hydrogens is 248 g/mol. The topological polar surface area (TPSA) is 75.3 Å². The molecule has 5 heteroatoms. The predicted molar refractivity (Wildman–Crippen MR) is 78.5 cm³/mol. The van der Waals surface area contributed by atoms with Crippen LogP contribution in [0.2, 0.25) is 0 Å². The molecule has 0 heterocycles. The molecule has 0 saturated heterocycles. The van der Waals surface area contributed by atoms with E-state index in [1.165, 1.54) is 18.2 Å². The van der Waals surface area contributed by atoms with E-state index in [1.54, 1.807) is 12.1 Å². The second kappa shape index (κ2) is 7.87. The van der Waals surface area contributed by atoms with Gasteiger partial charge in [0.15, 0.2) is 0 Å². The molecule has 1 rings (SSSR count). The molecule has 0 fully saturated rings. The highest BCUT2D eigenvalue weighted by atomic mass is 32.2. The highest BCUT2D eigenvalue weighted by Gasteiger charge is 2.09. The quantitative estimate of drug-likeness (QED) is 0.499. The van der Waals surface area contributed by atoms with E-state index >= 15 is 0 Å². The molecule has 4 N–H and O–H groups in total. The summed E-state index contributed by atoms with van der Waals surface area (Å²) in [6, 6.07) is 4.81. The molecule has 1 aromatic carbocycles. The molecule has 0 aliphatic heterocycles. The number of benzene rings is 1. The maximum atomic E-state index is 11.0. The molecule has 0 aromatic heterocycles. The Morgan fingerprint density at radius 2 is 2.17 bits per heavy atom. The van der Waals surface area contributed by atoms with Crippen LogP contribution in [-0.4, -0.2) is 29.6 Å². The van der Waals surface area contributed by atoms with E-state index in [-0.39, 0.29) is 5.56 Å². The Morgan fingerprint density at radius 3 is 2.83 bits per heavy atom. The lowest BCUT2D eigenvalue weighted by molar-refractivity contribution is 0.0698. The van der Waals surface area contributed by atoms with Gasteiger partial charge >= 0.3 is 5.97 Å². The van der Waals surface area contributed by atoms with Gasteiger partial charge in [-0.3, -0.25) is 0 Å². The van der Waals surface area contributed by atoms with E-state index in [0.717, 1.165) is 19.4 Å². The van der Waals surface area contributed by atoms with Gasteiger partial charge in [-0.25, -0.2) is 4.79 Å². The average Bonchev–Trinajstić information content (AvgIpc) is 2.33. The Kier molecular flexibility index (Phi) is 6.43. The third-order valence-corrected chi connectivity index (χ3v) is 3.31. The van der Waals surface area contributed by atoms with Crippen LogP contribution in [0, 0.1) is 0 Å². The fourth-order valence-corrected chi connectivity index (χ4v) is 2.16. The first-order valence-corrected chi connectivity index (χ1v) is 7.40. The van der Waals surface area contributed by atoms with Crippen LogP contribution in [0.1, 0.15) is 29.6 Å². The third kappa shape index (κ3) is 4.87. The summed E-state index contributed by atoms with van der Waals surface area (Å²) in [5, 5.41) is 12.2. The molecule has 0 atom stereocenters. The van der Waals surface area contributed by atoms with Crippen molar-refractivity contribution in [2.45, 2.75) is 19.3 Å². The number of aromatic carboxylic acids is 1. The zero-order valence-corrected chi connectivity index (χ0v) is 11.4. The SMILES string of the molecule is CSCCCCCNc1cc(N)ccc1C(=O)O. The summed E-state index contributed by atoms with van der Waals surface area (Å²) in [5.41, 5.74) is 7.11. The number of hydrogen-bond acceptors (Lipinski definition) is 4. The molecule has 4 nitrogen and oxygen atoms in total. The second-order valence-corrected chi connectivity index (χ2v) is 5.08. The molecule has 18 heavy (non-hydrogen) atoms. The Balaban J connectivity index is 2.45. The number of carboxylic acid groups (broad SMARTS) is 1. The van der Waals surface area contributed by atoms with Crippen LogP contribution in [0.4, 0.5) is 11.4 Å². The zero-order chi connectivity index (χ0) is 13.4. The molecule has 1 aromatic rings. The van der Waals surface area contributed by atoms with Crippen molar-refractivity contribution >= 4 is 29.1 Å². The van der Waals surface area contributed by atoms with Gasteiger partial charge in [-0.1, -0.05) is 6.42 Å². The summed E-state index contributed by atoms with van der Waals surface area (Å²) in [6.45, 7) is 0.776. The lowest BCUT2D eigenvalue weighted by Gasteiger charge is -2.10. The second-order valence-electron chi connectivity index (χ2n) is 4.09. The monoisotopic (exact) mass is 268 g/mol. The number of nitrogens with one attached hydrogen (secondary N) is 1. The molecule has 0 radical (unpaired) electrons. The van der Waals surface area contributed by atoms with Crippen molar-refractivity contribution in [1.29, 1.82) is 0 Å². The smallest absolute Gasteiger partial charge is 0.337 e. The van der Waals surface area contributed by atoms with Crippen molar-refractivity contribution in [3.05, 3.63) is 23.8 Å². The summed E-state index contributed by atoms with van der Waals surface area (Å²) in [5.74, 6) is 0.249. The van der Waals surface area contributed by atoms with Crippen LogP contribution >= 0.6 is 11.8 Å². The number of nitrogen functional groups attached to an aromatic ring is 1. The van der Waals surface area contributed by atoms with E-state index in [4.69, 9.17) is 10.8 Å². The minimum Gasteiger partial charge on any atom is -0.478 e. The van der Waals surface area contributed by atoms with Crippen molar-refractivity contribution in [2.75, 3.05) is 29.6 Å². The lowest BCUT2D eigenvalue weighted by Crippen LogP contribution is -2.08. The van der Waals surface area contributed by atoms with Crippen molar-refractivity contribution in [3.8, 4) is 0 Å². The largest absolute Gasteiger partial charge is 0.478 e. The first kappa shape index (κ1) is 14.7. The van der Waals surface area contributed by atoms with Gasteiger partial charge in [0.1, 0.15) is 0 Å². The van der Waals surface area contributed by atoms with E-state index in [0.29, 0.717) is 11.4 Å². The lowest BCUT2D eigenvalue weighted by atomic mass is 10.1. The number of rotatable bonds is 8. The Bertz CT molecular complexity index is 397. The van der Waals surface area contributed by atoms with Crippen LogP contribution in [0.15, 0.2) is 18.2 Å². The number of thioether (sulfide) groups is 1.